The minimum atomic E-state index is -1.13. The summed E-state index contributed by atoms with van der Waals surface area (Å²) in [6, 6.07) is -1.47. The fraction of sp³-hybridized carbons (Fsp3) is 0.846. The third-order valence-electron chi connectivity index (χ3n) is 3.74. The molecule has 4 N–H and O–H groups in total. The highest BCUT2D eigenvalue weighted by Gasteiger charge is 2.24. The number of nitrogens with one attached hydrogen (secondary N) is 2. The summed E-state index contributed by atoms with van der Waals surface area (Å²) < 4.78 is 0. The number of carboxylic acid groups (broad SMARTS) is 1. The zero-order valence-corrected chi connectivity index (χ0v) is 11.4. The van der Waals surface area contributed by atoms with Gasteiger partial charge in [-0.05, 0) is 25.7 Å². The van der Waals surface area contributed by atoms with Gasteiger partial charge in [0.15, 0.2) is 0 Å². The van der Waals surface area contributed by atoms with Crippen molar-refractivity contribution in [3.05, 3.63) is 0 Å². The number of aliphatic hydroxyl groups excluding tert-OH is 1. The van der Waals surface area contributed by atoms with Gasteiger partial charge in [-0.1, -0.05) is 19.3 Å². The molecule has 0 aromatic heterocycles. The van der Waals surface area contributed by atoms with E-state index in [-0.39, 0.29) is 19.1 Å². The highest BCUT2D eigenvalue weighted by Crippen LogP contribution is 2.26. The zero-order valence-electron chi connectivity index (χ0n) is 11.4. The normalized spacial score (nSPS) is 19.5. The number of hydrogen-bond acceptors (Lipinski definition) is 3. The largest absolute Gasteiger partial charge is 0.480 e. The molecule has 0 heterocycles. The van der Waals surface area contributed by atoms with Crippen molar-refractivity contribution in [2.24, 2.45) is 5.92 Å². The van der Waals surface area contributed by atoms with E-state index in [0.29, 0.717) is 5.92 Å². The molecule has 1 unspecified atom stereocenters. The van der Waals surface area contributed by atoms with Gasteiger partial charge in [-0.2, -0.15) is 0 Å². The van der Waals surface area contributed by atoms with Crippen LogP contribution in [0.2, 0.25) is 0 Å². The summed E-state index contributed by atoms with van der Waals surface area (Å²) in [4.78, 5) is 22.6. The molecule has 1 aliphatic carbocycles. The highest BCUT2D eigenvalue weighted by atomic mass is 16.4. The molecular weight excluding hydrogens is 248 g/mol. The van der Waals surface area contributed by atoms with E-state index in [2.05, 4.69) is 10.6 Å². The lowest BCUT2D eigenvalue weighted by atomic mass is 9.85. The van der Waals surface area contributed by atoms with E-state index in [9.17, 15) is 9.59 Å². The van der Waals surface area contributed by atoms with Crippen molar-refractivity contribution < 1.29 is 19.8 Å². The number of hydrogen-bond donors (Lipinski definition) is 4. The molecule has 0 aliphatic heterocycles. The molecule has 2 amide bonds. The van der Waals surface area contributed by atoms with E-state index < -0.39 is 18.0 Å². The van der Waals surface area contributed by atoms with Crippen molar-refractivity contribution in [2.45, 2.75) is 57.5 Å². The average Bonchev–Trinajstić information content (AvgIpc) is 2.39. The van der Waals surface area contributed by atoms with Crippen LogP contribution in [0.1, 0.15) is 45.4 Å². The second kappa shape index (κ2) is 7.99. The minimum absolute atomic E-state index is 0.0144. The van der Waals surface area contributed by atoms with Crippen LogP contribution in [-0.4, -0.2) is 40.9 Å². The van der Waals surface area contributed by atoms with Crippen LogP contribution in [-0.2, 0) is 4.79 Å². The summed E-state index contributed by atoms with van der Waals surface area (Å²) in [5.41, 5.74) is 0. The number of aliphatic carboxylic acids is 1. The molecule has 0 bridgehead atoms. The van der Waals surface area contributed by atoms with Crippen molar-refractivity contribution in [3.63, 3.8) is 0 Å². The fourth-order valence-electron chi connectivity index (χ4n) is 2.55. The number of carbonyl (C=O) groups excluding carboxylic acids is 1. The summed E-state index contributed by atoms with van der Waals surface area (Å²) in [6.07, 6.45) is 5.88. The first kappa shape index (κ1) is 15.8. The van der Waals surface area contributed by atoms with Crippen LogP contribution in [0.25, 0.3) is 0 Å². The SMILES string of the molecule is CC(NC(=O)N[C@@H](CCO)C(=O)O)C1CCCCC1. The number of amides is 2. The van der Waals surface area contributed by atoms with Crippen molar-refractivity contribution in [1.82, 2.24) is 10.6 Å². The Kier molecular flexibility index (Phi) is 6.62. The van der Waals surface area contributed by atoms with Crippen LogP contribution >= 0.6 is 0 Å². The van der Waals surface area contributed by atoms with E-state index in [1.54, 1.807) is 0 Å². The Morgan fingerprint density at radius 2 is 1.84 bits per heavy atom. The van der Waals surface area contributed by atoms with Gasteiger partial charge in [-0.15, -0.1) is 0 Å². The topological polar surface area (TPSA) is 98.7 Å². The quantitative estimate of drug-likeness (QED) is 0.581. The van der Waals surface area contributed by atoms with Crippen LogP contribution in [0.3, 0.4) is 0 Å². The van der Waals surface area contributed by atoms with Gasteiger partial charge in [0.25, 0.3) is 0 Å². The van der Waals surface area contributed by atoms with Gasteiger partial charge in [0.1, 0.15) is 6.04 Å². The molecule has 19 heavy (non-hydrogen) atoms. The van der Waals surface area contributed by atoms with Crippen molar-refractivity contribution in [2.75, 3.05) is 6.61 Å². The summed E-state index contributed by atoms with van der Waals surface area (Å²) in [7, 11) is 0. The number of carboxylic acids is 1. The highest BCUT2D eigenvalue weighted by molar-refractivity contribution is 5.82. The minimum Gasteiger partial charge on any atom is -0.480 e. The van der Waals surface area contributed by atoms with Gasteiger partial charge in [0.05, 0.1) is 0 Å². The van der Waals surface area contributed by atoms with Crippen molar-refractivity contribution in [3.8, 4) is 0 Å². The van der Waals surface area contributed by atoms with Crippen LogP contribution in [0.15, 0.2) is 0 Å². The lowest BCUT2D eigenvalue weighted by Gasteiger charge is -2.28. The number of rotatable bonds is 6. The van der Waals surface area contributed by atoms with Crippen LogP contribution in [0, 0.1) is 5.92 Å². The molecule has 1 fully saturated rings. The Hall–Kier alpha value is -1.30. The van der Waals surface area contributed by atoms with Gasteiger partial charge >= 0.3 is 12.0 Å². The average molecular weight is 272 g/mol. The predicted octanol–water partition coefficient (Wildman–Crippen LogP) is 1.09. The van der Waals surface area contributed by atoms with Crippen LogP contribution < -0.4 is 10.6 Å². The Balaban J connectivity index is 2.38. The van der Waals surface area contributed by atoms with Gasteiger partial charge in [0.2, 0.25) is 0 Å². The van der Waals surface area contributed by atoms with Crippen molar-refractivity contribution in [1.29, 1.82) is 0 Å². The molecule has 0 aromatic rings. The zero-order chi connectivity index (χ0) is 14.3. The van der Waals surface area contributed by atoms with Crippen LogP contribution in [0.5, 0.6) is 0 Å². The first-order valence-corrected chi connectivity index (χ1v) is 6.95. The molecule has 1 rings (SSSR count). The van der Waals surface area contributed by atoms with E-state index in [4.69, 9.17) is 10.2 Å². The lowest BCUT2D eigenvalue weighted by molar-refractivity contribution is -0.139. The molecule has 0 radical (unpaired) electrons. The summed E-state index contributed by atoms with van der Waals surface area (Å²) in [5, 5.41) is 22.8. The van der Waals surface area contributed by atoms with Gasteiger partial charge in [0, 0.05) is 19.1 Å². The molecule has 0 saturated heterocycles. The molecule has 6 heteroatoms. The Labute approximate surface area is 113 Å². The first-order chi connectivity index (χ1) is 9.04. The maximum absolute atomic E-state index is 11.7. The summed E-state index contributed by atoms with van der Waals surface area (Å²) in [6.45, 7) is 1.69. The van der Waals surface area contributed by atoms with E-state index in [1.807, 2.05) is 6.92 Å². The standard InChI is InChI=1S/C13H24N2O4/c1-9(10-5-3-2-4-6-10)14-13(19)15-11(7-8-16)12(17)18/h9-11,16H,2-8H2,1H3,(H,17,18)(H2,14,15,19)/t9?,11-/m0/s1. The van der Waals surface area contributed by atoms with Gasteiger partial charge in [-0.3, -0.25) is 0 Å². The molecule has 1 aliphatic rings. The number of urea groups is 1. The van der Waals surface area contributed by atoms with Crippen LogP contribution in [0.4, 0.5) is 4.79 Å². The van der Waals surface area contributed by atoms with E-state index >= 15 is 0 Å². The molecule has 6 nitrogen and oxygen atoms in total. The van der Waals surface area contributed by atoms with Crippen molar-refractivity contribution >= 4 is 12.0 Å². The lowest BCUT2D eigenvalue weighted by Crippen LogP contribution is -2.50. The molecular formula is C13H24N2O4. The smallest absolute Gasteiger partial charge is 0.326 e. The van der Waals surface area contributed by atoms with E-state index in [0.717, 1.165) is 12.8 Å². The third-order valence-corrected chi connectivity index (χ3v) is 3.74. The van der Waals surface area contributed by atoms with E-state index in [1.165, 1.54) is 19.3 Å². The number of aliphatic hydroxyl groups is 1. The molecule has 0 spiro atoms. The van der Waals surface area contributed by atoms with Gasteiger partial charge < -0.3 is 20.8 Å². The summed E-state index contributed by atoms with van der Waals surface area (Å²) >= 11 is 0. The maximum Gasteiger partial charge on any atom is 0.326 e. The Morgan fingerprint density at radius 3 is 2.37 bits per heavy atom. The molecule has 2 atom stereocenters. The number of carbonyl (C=O) groups is 2. The summed E-state index contributed by atoms with van der Waals surface area (Å²) in [5.74, 6) is -0.657. The fourth-order valence-corrected chi connectivity index (χ4v) is 2.55. The Morgan fingerprint density at radius 1 is 1.21 bits per heavy atom. The second-order valence-corrected chi connectivity index (χ2v) is 5.21. The second-order valence-electron chi connectivity index (χ2n) is 5.21. The molecule has 1 saturated carbocycles. The maximum atomic E-state index is 11.7. The molecule has 110 valence electrons. The third kappa shape index (κ3) is 5.46. The predicted molar refractivity (Wildman–Crippen MR) is 70.8 cm³/mol. The first-order valence-electron chi connectivity index (χ1n) is 6.95. The molecule has 0 aromatic carbocycles. The van der Waals surface area contributed by atoms with Gasteiger partial charge in [-0.25, -0.2) is 9.59 Å². The monoisotopic (exact) mass is 272 g/mol. The Bertz CT molecular complexity index is 303.